The van der Waals surface area contributed by atoms with Crippen molar-refractivity contribution in [2.45, 2.75) is 19.4 Å². The van der Waals surface area contributed by atoms with Crippen molar-refractivity contribution in [2.24, 2.45) is 10.7 Å². The van der Waals surface area contributed by atoms with Crippen molar-refractivity contribution >= 4 is 5.96 Å². The second-order valence-electron chi connectivity index (χ2n) is 5.18. The first-order valence-electron chi connectivity index (χ1n) is 6.68. The second-order valence-corrected chi connectivity index (χ2v) is 5.18. The Kier molecular flexibility index (Phi) is 4.60. The molecule has 102 valence electrons. The van der Waals surface area contributed by atoms with Gasteiger partial charge in [-0.2, -0.15) is 0 Å². The number of nitrogens with two attached hydrogens (primary N) is 1. The molecule has 1 atom stereocenters. The van der Waals surface area contributed by atoms with E-state index in [0.717, 1.165) is 45.8 Å². The molecule has 5 nitrogen and oxygen atoms in total. The van der Waals surface area contributed by atoms with E-state index in [1.807, 2.05) is 0 Å². The number of morpholine rings is 1. The quantitative estimate of drug-likeness (QED) is 0.436. The van der Waals surface area contributed by atoms with Crippen LogP contribution in [0, 0.1) is 0 Å². The number of aliphatic imine (C=N–C) groups is 1. The van der Waals surface area contributed by atoms with Crippen LogP contribution in [0.5, 0.6) is 0 Å². The third-order valence-electron chi connectivity index (χ3n) is 3.52. The second kappa shape index (κ2) is 6.20. The minimum atomic E-state index is 0.245. The lowest BCUT2D eigenvalue weighted by atomic mass is 10.1. The average Bonchev–Trinajstić information content (AvgIpc) is 2.38. The third kappa shape index (κ3) is 3.71. The van der Waals surface area contributed by atoms with Crippen molar-refractivity contribution in [1.29, 1.82) is 0 Å². The third-order valence-corrected chi connectivity index (χ3v) is 3.52. The van der Waals surface area contributed by atoms with Gasteiger partial charge in [0.25, 0.3) is 0 Å². The maximum atomic E-state index is 6.04. The van der Waals surface area contributed by atoms with Gasteiger partial charge in [-0.25, -0.2) is 4.99 Å². The lowest BCUT2D eigenvalue weighted by Gasteiger charge is -2.32. The molecule has 2 aliphatic heterocycles. The van der Waals surface area contributed by atoms with Crippen LogP contribution in [0.15, 0.2) is 16.6 Å². The summed E-state index contributed by atoms with van der Waals surface area (Å²) in [6, 6.07) is 0. The van der Waals surface area contributed by atoms with Gasteiger partial charge in [0.05, 0.1) is 19.3 Å². The molecule has 0 amide bonds. The predicted octanol–water partition coefficient (Wildman–Crippen LogP) is 0.284. The van der Waals surface area contributed by atoms with Gasteiger partial charge in [-0.1, -0.05) is 11.6 Å². The molecular formula is C13H24N4O. The number of likely N-dealkylation sites (N-methyl/N-ethyl adjacent to an activating group) is 1. The predicted molar refractivity (Wildman–Crippen MR) is 73.7 cm³/mol. The van der Waals surface area contributed by atoms with E-state index in [0.29, 0.717) is 5.96 Å². The normalized spacial score (nSPS) is 27.2. The molecule has 0 spiro atoms. The van der Waals surface area contributed by atoms with Crippen molar-refractivity contribution in [3.8, 4) is 0 Å². The smallest absolute Gasteiger partial charge is 0.191 e. The van der Waals surface area contributed by atoms with Crippen molar-refractivity contribution in [3.05, 3.63) is 11.6 Å². The highest BCUT2D eigenvalue weighted by Gasteiger charge is 2.18. The molecule has 0 aromatic rings. The van der Waals surface area contributed by atoms with Gasteiger partial charge in [0.15, 0.2) is 5.96 Å². The van der Waals surface area contributed by atoms with Crippen molar-refractivity contribution < 1.29 is 4.74 Å². The highest BCUT2D eigenvalue weighted by atomic mass is 16.5. The fourth-order valence-corrected chi connectivity index (χ4v) is 2.27. The minimum absolute atomic E-state index is 0.245. The Hall–Kier alpha value is -1.07. The van der Waals surface area contributed by atoms with Gasteiger partial charge >= 0.3 is 0 Å². The summed E-state index contributed by atoms with van der Waals surface area (Å²) in [5.41, 5.74) is 7.44. The molecule has 2 heterocycles. The zero-order valence-electron chi connectivity index (χ0n) is 11.4. The molecule has 2 aliphatic rings. The minimum Gasteiger partial charge on any atom is -0.375 e. The molecule has 0 aromatic heterocycles. The van der Waals surface area contributed by atoms with Gasteiger partial charge in [0.2, 0.25) is 0 Å². The Labute approximate surface area is 109 Å². The standard InChI is InChI=1S/C13H24N4O/c1-11-10-17(7-8-18-11)13(14)15-9-12-3-5-16(2)6-4-12/h3,11H,4-10H2,1-2H3,(H2,14,15). The first-order chi connectivity index (χ1) is 8.65. The van der Waals surface area contributed by atoms with Crippen LogP contribution in [-0.2, 0) is 4.74 Å². The number of rotatable bonds is 2. The highest BCUT2D eigenvalue weighted by Crippen LogP contribution is 2.10. The zero-order valence-corrected chi connectivity index (χ0v) is 11.4. The summed E-state index contributed by atoms with van der Waals surface area (Å²) >= 11 is 0. The highest BCUT2D eigenvalue weighted by molar-refractivity contribution is 5.78. The monoisotopic (exact) mass is 252 g/mol. The Balaban J connectivity index is 1.84. The number of hydrogen-bond donors (Lipinski definition) is 1. The Morgan fingerprint density at radius 1 is 1.56 bits per heavy atom. The molecule has 0 saturated carbocycles. The van der Waals surface area contributed by atoms with E-state index in [-0.39, 0.29) is 6.10 Å². The molecule has 1 unspecified atom stereocenters. The fraction of sp³-hybridized carbons (Fsp3) is 0.769. The maximum Gasteiger partial charge on any atom is 0.191 e. The van der Waals surface area contributed by atoms with Gasteiger partial charge in [-0.15, -0.1) is 0 Å². The number of nitrogens with zero attached hydrogens (tertiary/aromatic N) is 3. The Morgan fingerprint density at radius 2 is 2.39 bits per heavy atom. The first kappa shape index (κ1) is 13.4. The molecule has 2 rings (SSSR count). The lowest BCUT2D eigenvalue weighted by molar-refractivity contribution is 0.00531. The van der Waals surface area contributed by atoms with E-state index >= 15 is 0 Å². The van der Waals surface area contributed by atoms with E-state index in [4.69, 9.17) is 10.5 Å². The van der Waals surface area contributed by atoms with Gasteiger partial charge in [-0.05, 0) is 20.4 Å². The molecule has 0 aromatic carbocycles. The van der Waals surface area contributed by atoms with Gasteiger partial charge in [0, 0.05) is 26.2 Å². The summed E-state index contributed by atoms with van der Waals surface area (Å²) in [4.78, 5) is 8.93. The average molecular weight is 252 g/mol. The van der Waals surface area contributed by atoms with Crippen LogP contribution in [0.1, 0.15) is 13.3 Å². The summed E-state index contributed by atoms with van der Waals surface area (Å²) in [5, 5.41) is 0. The van der Waals surface area contributed by atoms with Gasteiger partial charge < -0.3 is 20.3 Å². The summed E-state index contributed by atoms with van der Waals surface area (Å²) in [5.74, 6) is 0.657. The van der Waals surface area contributed by atoms with Crippen LogP contribution in [0.2, 0.25) is 0 Å². The van der Waals surface area contributed by atoms with E-state index in [9.17, 15) is 0 Å². The zero-order chi connectivity index (χ0) is 13.0. The van der Waals surface area contributed by atoms with Crippen LogP contribution in [-0.4, -0.2) is 68.2 Å². The van der Waals surface area contributed by atoms with Crippen LogP contribution in [0.4, 0.5) is 0 Å². The summed E-state index contributed by atoms with van der Waals surface area (Å²) in [6.07, 6.45) is 3.62. The largest absolute Gasteiger partial charge is 0.375 e. The van der Waals surface area contributed by atoms with Crippen molar-refractivity contribution in [2.75, 3.05) is 46.4 Å². The van der Waals surface area contributed by atoms with E-state index < -0.39 is 0 Å². The lowest BCUT2D eigenvalue weighted by Crippen LogP contribution is -2.48. The number of guanidine groups is 1. The van der Waals surface area contributed by atoms with Crippen LogP contribution < -0.4 is 5.73 Å². The molecule has 0 radical (unpaired) electrons. The molecule has 0 aliphatic carbocycles. The topological polar surface area (TPSA) is 54.1 Å². The molecule has 5 heteroatoms. The van der Waals surface area contributed by atoms with Gasteiger partial charge in [-0.3, -0.25) is 0 Å². The van der Waals surface area contributed by atoms with Crippen molar-refractivity contribution in [3.63, 3.8) is 0 Å². The van der Waals surface area contributed by atoms with Crippen LogP contribution in [0.25, 0.3) is 0 Å². The molecule has 1 fully saturated rings. The Morgan fingerprint density at radius 3 is 3.06 bits per heavy atom. The maximum absolute atomic E-state index is 6.04. The first-order valence-corrected chi connectivity index (χ1v) is 6.68. The number of ether oxygens (including phenoxy) is 1. The van der Waals surface area contributed by atoms with E-state index in [1.54, 1.807) is 0 Å². The van der Waals surface area contributed by atoms with Crippen LogP contribution in [0.3, 0.4) is 0 Å². The van der Waals surface area contributed by atoms with Gasteiger partial charge in [0.1, 0.15) is 0 Å². The molecule has 18 heavy (non-hydrogen) atoms. The SMILES string of the molecule is CC1CN(C(N)=NCC2=CCN(C)CC2)CCO1. The van der Waals surface area contributed by atoms with Crippen LogP contribution >= 0.6 is 0 Å². The molecular weight excluding hydrogens is 228 g/mol. The molecule has 0 bridgehead atoms. The molecule has 2 N–H and O–H groups in total. The Bertz CT molecular complexity index is 340. The molecule has 1 saturated heterocycles. The summed E-state index contributed by atoms with van der Waals surface area (Å²) in [6.45, 7) is 7.39. The fourth-order valence-electron chi connectivity index (χ4n) is 2.27. The van der Waals surface area contributed by atoms with E-state index in [1.165, 1.54) is 5.57 Å². The number of hydrogen-bond acceptors (Lipinski definition) is 3. The van der Waals surface area contributed by atoms with Crippen molar-refractivity contribution in [1.82, 2.24) is 9.80 Å². The van der Waals surface area contributed by atoms with E-state index in [2.05, 4.69) is 34.8 Å². The summed E-state index contributed by atoms with van der Waals surface area (Å²) < 4.78 is 5.50. The summed E-state index contributed by atoms with van der Waals surface area (Å²) in [7, 11) is 2.14.